The Kier molecular flexibility index (Phi) is 8.56. The van der Waals surface area contributed by atoms with Crippen LogP contribution in [-0.4, -0.2) is 6.71 Å². The highest BCUT2D eigenvalue weighted by atomic mass is 16.3. The predicted molar refractivity (Wildman–Crippen MR) is 288 cm³/mol. The Hall–Kier alpha value is -5.22. The van der Waals surface area contributed by atoms with Gasteiger partial charge in [-0.2, -0.15) is 0 Å². The molecule has 0 radical (unpaired) electrons. The predicted octanol–water partition coefficient (Wildman–Crippen LogP) is 15.6. The van der Waals surface area contributed by atoms with Gasteiger partial charge in [-0.1, -0.05) is 140 Å². The lowest BCUT2D eigenvalue weighted by Crippen LogP contribution is -2.62. The Morgan fingerprint density at radius 1 is 0.433 bits per heavy atom. The first-order valence-corrected chi connectivity index (χ1v) is 25.5. The number of rotatable bonds is 2. The molecule has 1 aromatic heterocycles. The number of hydrogen-bond acceptors (Lipinski definition) is 3. The number of benzene rings is 6. The van der Waals surface area contributed by atoms with Crippen molar-refractivity contribution >= 4 is 79.2 Å². The average molecular weight is 883 g/mol. The molecular formula is C63H71BN2O. The molecule has 4 heteroatoms. The minimum absolute atomic E-state index is 0.0334. The molecule has 3 nitrogen and oxygen atoms in total. The van der Waals surface area contributed by atoms with E-state index in [4.69, 9.17) is 4.42 Å². The third kappa shape index (κ3) is 6.09. The summed E-state index contributed by atoms with van der Waals surface area (Å²) in [6.07, 6.45) is 5.85. The van der Waals surface area contributed by atoms with Crippen molar-refractivity contribution in [2.45, 2.75) is 174 Å². The molecule has 67 heavy (non-hydrogen) atoms. The highest BCUT2D eigenvalue weighted by molar-refractivity contribution is 7.00. The summed E-state index contributed by atoms with van der Waals surface area (Å²) in [4.78, 5) is 5.36. The third-order valence-corrected chi connectivity index (χ3v) is 18.1. The summed E-state index contributed by atoms with van der Waals surface area (Å²) in [6.45, 7) is 37.0. The first-order chi connectivity index (χ1) is 31.3. The summed E-state index contributed by atoms with van der Waals surface area (Å²) >= 11 is 0. The van der Waals surface area contributed by atoms with Crippen LogP contribution in [0.2, 0.25) is 0 Å². The van der Waals surface area contributed by atoms with Crippen molar-refractivity contribution in [2.24, 2.45) is 0 Å². The van der Waals surface area contributed by atoms with Gasteiger partial charge < -0.3 is 14.2 Å². The molecule has 7 aromatic rings. The summed E-state index contributed by atoms with van der Waals surface area (Å²) in [5.74, 6) is 0. The van der Waals surface area contributed by atoms with Crippen LogP contribution in [0.15, 0.2) is 101 Å². The molecule has 12 rings (SSSR count). The normalized spacial score (nSPS) is 20.8. The SMILES string of the molecule is CC(C)(C)c1cc2c3c(c1)N(c1ccc4c(c1)oc1ccccc14)c1cc4c(cc1B3c1cc3c(cc1N2c1ccc2c(c1)C(C)(C)CCC2(C)C)C(C)(C)CCC3(C)C)C(C)(C)CC4(C)C. The Morgan fingerprint density at radius 3 is 1.45 bits per heavy atom. The molecule has 0 saturated heterocycles. The fraction of sp³-hybridized carbons (Fsp3) is 0.429. The summed E-state index contributed by atoms with van der Waals surface area (Å²) in [6, 6.07) is 38.9. The maximum Gasteiger partial charge on any atom is 0.252 e. The van der Waals surface area contributed by atoms with Crippen molar-refractivity contribution in [2.75, 3.05) is 9.80 Å². The quantitative estimate of drug-likeness (QED) is 0.161. The minimum Gasteiger partial charge on any atom is -0.456 e. The van der Waals surface area contributed by atoms with Gasteiger partial charge in [-0.05, 0) is 180 Å². The molecule has 3 aliphatic carbocycles. The monoisotopic (exact) mass is 883 g/mol. The van der Waals surface area contributed by atoms with Crippen molar-refractivity contribution in [1.29, 1.82) is 0 Å². The van der Waals surface area contributed by atoms with Gasteiger partial charge >= 0.3 is 0 Å². The number of nitrogens with zero attached hydrogens (tertiary/aromatic N) is 2. The van der Waals surface area contributed by atoms with Gasteiger partial charge in [-0.25, -0.2) is 0 Å². The number of hydrogen-bond donors (Lipinski definition) is 0. The second-order valence-corrected chi connectivity index (χ2v) is 26.7. The van der Waals surface area contributed by atoms with Crippen LogP contribution < -0.4 is 26.2 Å². The summed E-state index contributed by atoms with van der Waals surface area (Å²) in [7, 11) is 0. The van der Waals surface area contributed by atoms with Crippen LogP contribution in [0.3, 0.4) is 0 Å². The molecule has 0 N–H and O–H groups in total. The molecule has 0 spiro atoms. The summed E-state index contributed by atoms with van der Waals surface area (Å²) < 4.78 is 6.70. The molecule has 342 valence electrons. The van der Waals surface area contributed by atoms with Crippen molar-refractivity contribution in [3.05, 3.63) is 136 Å². The van der Waals surface area contributed by atoms with Gasteiger partial charge in [0, 0.05) is 51.0 Å². The van der Waals surface area contributed by atoms with Gasteiger partial charge in [-0.15, -0.1) is 0 Å². The van der Waals surface area contributed by atoms with E-state index < -0.39 is 0 Å². The van der Waals surface area contributed by atoms with E-state index in [0.717, 1.165) is 34.0 Å². The summed E-state index contributed by atoms with van der Waals surface area (Å²) in [5, 5.41) is 2.32. The fourth-order valence-corrected chi connectivity index (χ4v) is 14.1. The fourth-order valence-electron chi connectivity index (χ4n) is 14.1. The first kappa shape index (κ1) is 43.1. The van der Waals surface area contributed by atoms with Crippen molar-refractivity contribution in [3.63, 3.8) is 0 Å². The molecule has 0 bridgehead atoms. The highest BCUT2D eigenvalue weighted by Crippen LogP contribution is 2.56. The van der Waals surface area contributed by atoms with Crippen molar-refractivity contribution < 1.29 is 4.42 Å². The minimum atomic E-state index is -0.116. The van der Waals surface area contributed by atoms with Crippen LogP contribution in [0, 0.1) is 0 Å². The molecule has 0 atom stereocenters. The number of fused-ring (bicyclic) bond motifs is 10. The maximum atomic E-state index is 6.70. The lowest BCUT2D eigenvalue weighted by Gasteiger charge is -2.48. The Labute approximate surface area is 401 Å². The first-order valence-electron chi connectivity index (χ1n) is 25.5. The maximum absolute atomic E-state index is 6.70. The number of para-hydroxylation sites is 1. The largest absolute Gasteiger partial charge is 0.456 e. The van der Waals surface area contributed by atoms with E-state index in [1.807, 2.05) is 0 Å². The van der Waals surface area contributed by atoms with Gasteiger partial charge in [0.15, 0.2) is 0 Å². The van der Waals surface area contributed by atoms with Crippen LogP contribution in [-0.2, 0) is 37.9 Å². The van der Waals surface area contributed by atoms with Gasteiger partial charge in [0.2, 0.25) is 0 Å². The van der Waals surface area contributed by atoms with Gasteiger partial charge in [0.1, 0.15) is 11.2 Å². The topological polar surface area (TPSA) is 19.6 Å². The zero-order valence-corrected chi connectivity index (χ0v) is 43.2. The van der Waals surface area contributed by atoms with E-state index in [-0.39, 0.29) is 44.6 Å². The Bertz CT molecular complexity index is 3290. The molecule has 2 aliphatic heterocycles. The lowest BCUT2D eigenvalue weighted by atomic mass is 9.32. The second kappa shape index (κ2) is 13.3. The molecule has 0 saturated carbocycles. The molecular weight excluding hydrogens is 812 g/mol. The standard InChI is InChI=1S/C63H71BN2O/c1-57(2,3)37-28-52-56-53(29-37)66(39-20-22-41-40-18-16-17-19-54(40)67-55(41)31-39)51-35-47-45(62(12,13)36-63(47,14)15)33-49(51)64(56)48-32-44-46(61(10,11)27-26-60(44,8)9)34-50(48)65(52)38-21-23-42-43(30-38)59(6,7)25-24-58(42,4)5/h16-23,28-35H,24-27,36H2,1-15H3. The smallest absolute Gasteiger partial charge is 0.252 e. The molecule has 5 aliphatic rings. The van der Waals surface area contributed by atoms with Gasteiger partial charge in [0.05, 0.1) is 0 Å². The summed E-state index contributed by atoms with van der Waals surface area (Å²) in [5.41, 5.74) is 24.3. The molecule has 6 aromatic carbocycles. The van der Waals surface area contributed by atoms with E-state index in [1.165, 1.54) is 109 Å². The van der Waals surface area contributed by atoms with Gasteiger partial charge in [-0.3, -0.25) is 0 Å². The number of furan rings is 1. The Morgan fingerprint density at radius 2 is 0.881 bits per heavy atom. The highest BCUT2D eigenvalue weighted by Gasteiger charge is 2.50. The van der Waals surface area contributed by atoms with E-state index in [1.54, 1.807) is 0 Å². The van der Waals surface area contributed by atoms with Crippen LogP contribution in [0.25, 0.3) is 21.9 Å². The van der Waals surface area contributed by atoms with Crippen LogP contribution in [0.5, 0.6) is 0 Å². The average Bonchev–Trinajstić information content (AvgIpc) is 3.71. The zero-order valence-electron chi connectivity index (χ0n) is 43.2. The van der Waals surface area contributed by atoms with Crippen LogP contribution >= 0.6 is 0 Å². The van der Waals surface area contributed by atoms with E-state index in [9.17, 15) is 0 Å². The zero-order chi connectivity index (χ0) is 47.3. The third-order valence-electron chi connectivity index (χ3n) is 18.1. The second-order valence-electron chi connectivity index (χ2n) is 26.7. The Balaban J connectivity index is 1.23. The van der Waals surface area contributed by atoms with Gasteiger partial charge in [0.25, 0.3) is 6.71 Å². The van der Waals surface area contributed by atoms with Crippen molar-refractivity contribution in [1.82, 2.24) is 0 Å². The number of anilines is 6. The molecule has 0 unspecified atom stereocenters. The molecule has 0 amide bonds. The van der Waals surface area contributed by atoms with Crippen LogP contribution in [0.4, 0.5) is 34.1 Å². The molecule has 3 heterocycles. The van der Waals surface area contributed by atoms with Crippen molar-refractivity contribution in [3.8, 4) is 0 Å². The van der Waals surface area contributed by atoms with Crippen LogP contribution in [0.1, 0.15) is 175 Å². The van der Waals surface area contributed by atoms with E-state index in [2.05, 4.69) is 211 Å². The molecule has 0 fully saturated rings. The van der Waals surface area contributed by atoms with E-state index in [0.29, 0.717) is 0 Å². The van der Waals surface area contributed by atoms with E-state index >= 15 is 0 Å². The lowest BCUT2D eigenvalue weighted by molar-refractivity contribution is 0.332.